The van der Waals surface area contributed by atoms with E-state index in [4.69, 9.17) is 9.97 Å². The largest absolute Gasteiger partial charge is 0.256 e. The molecule has 2 aliphatic rings. The second-order valence-electron chi connectivity index (χ2n) is 18.3. The summed E-state index contributed by atoms with van der Waals surface area (Å²) >= 11 is 0. The van der Waals surface area contributed by atoms with Crippen molar-refractivity contribution in [3.63, 3.8) is 0 Å². The second kappa shape index (κ2) is 14.4. The summed E-state index contributed by atoms with van der Waals surface area (Å²) in [6, 6.07) is 63.5. The zero-order valence-electron chi connectivity index (χ0n) is 36.3. The van der Waals surface area contributed by atoms with Crippen LogP contribution in [0.4, 0.5) is 0 Å². The molecule has 64 heavy (non-hydrogen) atoms. The predicted octanol–water partition coefficient (Wildman–Crippen LogP) is 15.0. The third-order valence-electron chi connectivity index (χ3n) is 13.8. The molecule has 304 valence electrons. The van der Waals surface area contributed by atoms with Crippen molar-refractivity contribution in [2.45, 2.75) is 38.5 Å². The summed E-state index contributed by atoms with van der Waals surface area (Å²) in [6.07, 6.45) is 5.55. The van der Waals surface area contributed by atoms with Crippen LogP contribution < -0.4 is 0 Å². The molecule has 0 radical (unpaired) electrons. The van der Waals surface area contributed by atoms with Crippen LogP contribution in [0, 0.1) is 0 Å². The van der Waals surface area contributed by atoms with Crippen LogP contribution in [-0.2, 0) is 10.8 Å². The van der Waals surface area contributed by atoms with E-state index in [2.05, 4.69) is 171 Å². The Morgan fingerprint density at radius 1 is 0.297 bits per heavy atom. The number of benzene rings is 6. The molecule has 0 atom stereocenters. The molecule has 0 saturated carbocycles. The fourth-order valence-corrected chi connectivity index (χ4v) is 10.6. The summed E-state index contributed by atoms with van der Waals surface area (Å²) in [7, 11) is 0. The van der Waals surface area contributed by atoms with Crippen molar-refractivity contribution >= 4 is 10.8 Å². The van der Waals surface area contributed by atoms with Crippen LogP contribution in [0.3, 0.4) is 0 Å². The highest BCUT2D eigenvalue weighted by atomic mass is 14.8. The van der Waals surface area contributed by atoms with Gasteiger partial charge in [0.1, 0.15) is 0 Å². The van der Waals surface area contributed by atoms with E-state index >= 15 is 0 Å². The molecular formula is C60H44N4. The molecule has 2 aliphatic carbocycles. The van der Waals surface area contributed by atoms with Gasteiger partial charge in [-0.1, -0.05) is 143 Å². The first-order valence-electron chi connectivity index (χ1n) is 22.1. The molecule has 0 amide bonds. The SMILES string of the molecule is CC1(C)c2cc(-c3ccc(-c4cc(-c5ccccn5)nc(-c5ccccn5)c4)cc3)ccc2-c2ccc3c4c(ccc3c21)-c1ccc(-c2ccnc(-c3ccccc3)c2)cc1C4(C)C. The van der Waals surface area contributed by atoms with Crippen molar-refractivity contribution in [1.82, 2.24) is 19.9 Å². The molecule has 4 heterocycles. The van der Waals surface area contributed by atoms with Crippen LogP contribution in [0.15, 0.2) is 195 Å². The molecule has 0 unspecified atom stereocenters. The number of pyridine rings is 4. The van der Waals surface area contributed by atoms with E-state index in [-0.39, 0.29) is 10.8 Å². The van der Waals surface area contributed by atoms with E-state index in [1.54, 1.807) is 0 Å². The van der Waals surface area contributed by atoms with Gasteiger partial charge in [-0.3, -0.25) is 15.0 Å². The Kier molecular flexibility index (Phi) is 8.51. The highest BCUT2D eigenvalue weighted by Crippen LogP contribution is 2.57. The lowest BCUT2D eigenvalue weighted by Gasteiger charge is -2.27. The molecule has 0 spiro atoms. The fourth-order valence-electron chi connectivity index (χ4n) is 10.6. The van der Waals surface area contributed by atoms with Gasteiger partial charge in [-0.05, 0) is 149 Å². The number of nitrogens with zero attached hydrogens (tertiary/aromatic N) is 4. The van der Waals surface area contributed by atoms with Crippen LogP contribution in [0.25, 0.3) is 100 Å². The Balaban J connectivity index is 0.880. The quantitative estimate of drug-likeness (QED) is 0.168. The predicted molar refractivity (Wildman–Crippen MR) is 263 cm³/mol. The van der Waals surface area contributed by atoms with Crippen LogP contribution in [0.1, 0.15) is 49.9 Å². The zero-order chi connectivity index (χ0) is 43.2. The minimum atomic E-state index is -0.199. The van der Waals surface area contributed by atoms with E-state index in [1.165, 1.54) is 77.5 Å². The van der Waals surface area contributed by atoms with Gasteiger partial charge in [0.15, 0.2) is 0 Å². The van der Waals surface area contributed by atoms with Gasteiger partial charge in [0, 0.05) is 35.0 Å². The number of hydrogen-bond acceptors (Lipinski definition) is 4. The molecule has 4 nitrogen and oxygen atoms in total. The topological polar surface area (TPSA) is 51.6 Å². The maximum absolute atomic E-state index is 4.98. The maximum atomic E-state index is 4.98. The first-order chi connectivity index (χ1) is 31.2. The Morgan fingerprint density at radius 2 is 0.734 bits per heavy atom. The first-order valence-corrected chi connectivity index (χ1v) is 22.1. The van der Waals surface area contributed by atoms with Gasteiger partial charge in [-0.25, -0.2) is 4.98 Å². The lowest BCUT2D eigenvalue weighted by atomic mass is 9.76. The van der Waals surface area contributed by atoms with Gasteiger partial charge in [0.25, 0.3) is 0 Å². The Hall–Kier alpha value is -7.82. The standard InChI is InChI=1S/C60H44N4/c1-59(2)50-32-40(37-16-18-38(19-17-37)43-35-55(52-14-8-10-29-61-52)64-56(36-43)53-15-9-11-30-62-53)20-22-44(50)46-24-26-49-48(57(46)59)27-25-47-45-23-21-41(33-51(45)60(3,4)58(47)49)42-28-31-63-54(34-42)39-12-6-5-7-13-39/h5-36H,1-4H3. The highest BCUT2D eigenvalue weighted by molar-refractivity contribution is 6.04. The van der Waals surface area contributed by atoms with Gasteiger partial charge in [0.05, 0.1) is 28.5 Å². The molecule has 0 aliphatic heterocycles. The van der Waals surface area contributed by atoms with Gasteiger partial charge in [-0.2, -0.15) is 0 Å². The second-order valence-corrected chi connectivity index (χ2v) is 18.3. The number of rotatable bonds is 6. The van der Waals surface area contributed by atoms with E-state index in [9.17, 15) is 0 Å². The number of hydrogen-bond donors (Lipinski definition) is 0. The lowest BCUT2D eigenvalue weighted by Crippen LogP contribution is -2.18. The normalized spacial score (nSPS) is 13.9. The van der Waals surface area contributed by atoms with Crippen LogP contribution >= 0.6 is 0 Å². The molecule has 0 bridgehead atoms. The summed E-state index contributed by atoms with van der Waals surface area (Å²) in [6.45, 7) is 9.62. The van der Waals surface area contributed by atoms with Crippen LogP contribution in [0.2, 0.25) is 0 Å². The van der Waals surface area contributed by atoms with Crippen LogP contribution in [0.5, 0.6) is 0 Å². The first kappa shape index (κ1) is 37.9. The van der Waals surface area contributed by atoms with Crippen molar-refractivity contribution in [1.29, 1.82) is 0 Å². The minimum Gasteiger partial charge on any atom is -0.256 e. The highest BCUT2D eigenvalue weighted by Gasteiger charge is 2.41. The van der Waals surface area contributed by atoms with Crippen molar-refractivity contribution in [2.24, 2.45) is 0 Å². The third kappa shape index (κ3) is 5.97. The van der Waals surface area contributed by atoms with Crippen molar-refractivity contribution in [3.05, 3.63) is 217 Å². The van der Waals surface area contributed by atoms with Crippen molar-refractivity contribution in [3.8, 4) is 89.7 Å². The number of fused-ring (bicyclic) bond motifs is 9. The average Bonchev–Trinajstić information content (AvgIpc) is 3.73. The molecule has 4 aromatic heterocycles. The molecule has 0 saturated heterocycles. The van der Waals surface area contributed by atoms with Crippen molar-refractivity contribution in [2.75, 3.05) is 0 Å². The maximum Gasteiger partial charge on any atom is 0.0900 e. The number of aromatic nitrogens is 4. The van der Waals surface area contributed by atoms with E-state index in [0.717, 1.165) is 45.2 Å². The van der Waals surface area contributed by atoms with E-state index in [0.29, 0.717) is 0 Å². The Bertz CT molecular complexity index is 3410. The van der Waals surface area contributed by atoms with Gasteiger partial charge in [0.2, 0.25) is 0 Å². The lowest BCUT2D eigenvalue weighted by molar-refractivity contribution is 0.661. The Morgan fingerprint density at radius 3 is 1.27 bits per heavy atom. The molecular weight excluding hydrogens is 777 g/mol. The van der Waals surface area contributed by atoms with E-state index in [1.807, 2.05) is 61.1 Å². The molecule has 0 fully saturated rings. The summed E-state index contributed by atoms with van der Waals surface area (Å²) in [5.74, 6) is 0. The van der Waals surface area contributed by atoms with E-state index < -0.39 is 0 Å². The molecule has 6 aromatic carbocycles. The van der Waals surface area contributed by atoms with Gasteiger partial charge < -0.3 is 0 Å². The third-order valence-corrected chi connectivity index (χ3v) is 13.8. The average molecular weight is 821 g/mol. The fraction of sp³-hybridized carbons (Fsp3) is 0.100. The molecule has 10 aromatic rings. The van der Waals surface area contributed by atoms with Crippen molar-refractivity contribution < 1.29 is 0 Å². The summed E-state index contributed by atoms with van der Waals surface area (Å²) in [5, 5.41) is 2.69. The summed E-state index contributed by atoms with van der Waals surface area (Å²) in [4.78, 5) is 18.9. The Labute approximate surface area is 374 Å². The molecule has 0 N–H and O–H groups in total. The summed E-state index contributed by atoms with van der Waals surface area (Å²) in [5.41, 5.74) is 22.9. The minimum absolute atomic E-state index is 0.186. The van der Waals surface area contributed by atoms with Gasteiger partial charge >= 0.3 is 0 Å². The molecule has 12 rings (SSSR count). The van der Waals surface area contributed by atoms with Gasteiger partial charge in [-0.15, -0.1) is 0 Å². The smallest absolute Gasteiger partial charge is 0.0900 e. The monoisotopic (exact) mass is 820 g/mol. The zero-order valence-corrected chi connectivity index (χ0v) is 36.3. The molecule has 4 heteroatoms. The van der Waals surface area contributed by atoms with Crippen LogP contribution in [-0.4, -0.2) is 19.9 Å². The summed E-state index contributed by atoms with van der Waals surface area (Å²) < 4.78 is 0.